The molecule has 0 aromatic rings. The van der Waals surface area contributed by atoms with Crippen LogP contribution in [0.25, 0.3) is 0 Å². The third kappa shape index (κ3) is 1.15. The fraction of sp³-hybridized carbons (Fsp3) is 0.500. The molecule has 0 aromatic carbocycles. The number of rotatable bonds is 2. The van der Waals surface area contributed by atoms with Gasteiger partial charge in [-0.05, 0) is 25.3 Å². The first-order chi connectivity index (χ1) is 4.29. The topological polar surface area (TPSA) is 20.2 Å². The first-order valence-corrected chi connectivity index (χ1v) is 3.27. The van der Waals surface area contributed by atoms with Gasteiger partial charge in [0.05, 0.1) is 5.76 Å². The number of allylic oxidation sites excluding steroid dienone is 3. The minimum absolute atomic E-state index is 0.396. The molecule has 2 unspecified atom stereocenters. The van der Waals surface area contributed by atoms with Crippen molar-refractivity contribution in [1.29, 1.82) is 0 Å². The maximum atomic E-state index is 9.11. The number of aliphatic hydroxyl groups excluding tert-OH is 1. The maximum Gasteiger partial charge on any atom is 0.0917 e. The molecule has 1 aliphatic rings. The number of hydrogen-bond acceptors (Lipinski definition) is 1. The Bertz CT molecular complexity index is 147. The van der Waals surface area contributed by atoms with Gasteiger partial charge >= 0.3 is 0 Å². The van der Waals surface area contributed by atoms with Gasteiger partial charge in [0.1, 0.15) is 0 Å². The number of hydrogen-bond donors (Lipinski definition) is 1. The Morgan fingerprint density at radius 2 is 2.44 bits per heavy atom. The van der Waals surface area contributed by atoms with E-state index >= 15 is 0 Å². The first kappa shape index (κ1) is 6.40. The molecule has 0 spiro atoms. The van der Waals surface area contributed by atoms with Crippen molar-refractivity contribution in [1.82, 2.24) is 0 Å². The molecule has 1 saturated carbocycles. The smallest absolute Gasteiger partial charge is 0.0917 e. The average molecular weight is 124 g/mol. The summed E-state index contributed by atoms with van der Waals surface area (Å²) in [6.45, 7) is 5.51. The van der Waals surface area contributed by atoms with E-state index in [0.717, 1.165) is 6.42 Å². The summed E-state index contributed by atoms with van der Waals surface area (Å²) in [4.78, 5) is 0. The van der Waals surface area contributed by atoms with Gasteiger partial charge in [-0.2, -0.15) is 0 Å². The Kier molecular flexibility index (Phi) is 1.60. The van der Waals surface area contributed by atoms with Crippen molar-refractivity contribution in [2.45, 2.75) is 13.3 Å². The second kappa shape index (κ2) is 2.26. The van der Waals surface area contributed by atoms with E-state index in [9.17, 15) is 0 Å². The summed E-state index contributed by atoms with van der Waals surface area (Å²) in [5, 5.41) is 9.11. The van der Waals surface area contributed by atoms with Gasteiger partial charge in [-0.25, -0.2) is 0 Å². The molecule has 0 bridgehead atoms. The van der Waals surface area contributed by atoms with Crippen LogP contribution in [0.3, 0.4) is 0 Å². The van der Waals surface area contributed by atoms with Crippen molar-refractivity contribution in [3.05, 3.63) is 24.5 Å². The van der Waals surface area contributed by atoms with Crippen molar-refractivity contribution < 1.29 is 5.11 Å². The van der Waals surface area contributed by atoms with Gasteiger partial charge in [-0.3, -0.25) is 0 Å². The summed E-state index contributed by atoms with van der Waals surface area (Å²) in [6.07, 6.45) is 4.75. The fourth-order valence-electron chi connectivity index (χ4n) is 1.03. The van der Waals surface area contributed by atoms with Gasteiger partial charge < -0.3 is 5.11 Å². The highest BCUT2D eigenvalue weighted by Gasteiger charge is 2.37. The van der Waals surface area contributed by atoms with E-state index in [2.05, 4.69) is 6.58 Å². The predicted molar refractivity (Wildman–Crippen MR) is 38.2 cm³/mol. The van der Waals surface area contributed by atoms with Crippen LogP contribution in [0.4, 0.5) is 0 Å². The quantitative estimate of drug-likeness (QED) is 0.442. The Hall–Kier alpha value is -0.720. The summed E-state index contributed by atoms with van der Waals surface area (Å²) >= 11 is 0. The predicted octanol–water partition coefficient (Wildman–Crippen LogP) is 2.27. The summed E-state index contributed by atoms with van der Waals surface area (Å²) < 4.78 is 0. The largest absolute Gasteiger partial charge is 0.512 e. The zero-order chi connectivity index (χ0) is 6.85. The highest BCUT2D eigenvalue weighted by molar-refractivity contribution is 5.12. The van der Waals surface area contributed by atoms with E-state index in [0.29, 0.717) is 17.6 Å². The van der Waals surface area contributed by atoms with Gasteiger partial charge in [-0.1, -0.05) is 6.08 Å². The van der Waals surface area contributed by atoms with Crippen LogP contribution in [-0.4, -0.2) is 5.11 Å². The highest BCUT2D eigenvalue weighted by Crippen LogP contribution is 2.43. The standard InChI is InChI=1S/C8H12O/c1-3-6-5-7(6)8(9)4-2/h3-4,6-7,9H,1,5H2,2H3/b8-4-. The lowest BCUT2D eigenvalue weighted by Crippen LogP contribution is -1.83. The molecule has 1 nitrogen and oxygen atoms in total. The molecule has 1 N–H and O–H groups in total. The van der Waals surface area contributed by atoms with Gasteiger partial charge in [0, 0.05) is 5.92 Å². The summed E-state index contributed by atoms with van der Waals surface area (Å²) in [7, 11) is 0. The van der Waals surface area contributed by atoms with Crippen molar-refractivity contribution in [2.75, 3.05) is 0 Å². The second-order valence-electron chi connectivity index (χ2n) is 2.46. The Labute approximate surface area is 55.7 Å². The minimum atomic E-state index is 0.396. The van der Waals surface area contributed by atoms with E-state index < -0.39 is 0 Å². The zero-order valence-corrected chi connectivity index (χ0v) is 5.67. The van der Waals surface area contributed by atoms with E-state index in [-0.39, 0.29) is 0 Å². The molecule has 0 radical (unpaired) electrons. The molecule has 0 amide bonds. The lowest BCUT2D eigenvalue weighted by molar-refractivity contribution is 0.374. The number of aliphatic hydroxyl groups is 1. The monoisotopic (exact) mass is 124 g/mol. The SMILES string of the molecule is C=CC1CC1/C(O)=C/C. The zero-order valence-electron chi connectivity index (χ0n) is 5.67. The molecule has 50 valence electrons. The molecule has 0 heterocycles. The Balaban J connectivity index is 2.42. The van der Waals surface area contributed by atoms with Gasteiger partial charge in [-0.15, -0.1) is 6.58 Å². The van der Waals surface area contributed by atoms with Crippen LogP contribution in [-0.2, 0) is 0 Å². The van der Waals surface area contributed by atoms with Crippen LogP contribution in [0.15, 0.2) is 24.5 Å². The lowest BCUT2D eigenvalue weighted by atomic mass is 10.2. The van der Waals surface area contributed by atoms with Crippen molar-refractivity contribution >= 4 is 0 Å². The fourth-order valence-corrected chi connectivity index (χ4v) is 1.03. The molecule has 0 saturated heterocycles. The van der Waals surface area contributed by atoms with Gasteiger partial charge in [0.15, 0.2) is 0 Å². The summed E-state index contributed by atoms with van der Waals surface area (Å²) in [5.74, 6) is 1.47. The van der Waals surface area contributed by atoms with E-state index in [1.807, 2.05) is 13.0 Å². The van der Waals surface area contributed by atoms with E-state index in [4.69, 9.17) is 5.11 Å². The average Bonchev–Trinajstić information content (AvgIpc) is 2.64. The van der Waals surface area contributed by atoms with Crippen LogP contribution >= 0.6 is 0 Å². The molecule has 1 aliphatic carbocycles. The molecule has 1 fully saturated rings. The molecular weight excluding hydrogens is 112 g/mol. The summed E-state index contributed by atoms with van der Waals surface area (Å²) in [5.41, 5.74) is 0. The highest BCUT2D eigenvalue weighted by atomic mass is 16.3. The third-order valence-corrected chi connectivity index (χ3v) is 1.82. The Morgan fingerprint density at radius 1 is 1.78 bits per heavy atom. The maximum absolute atomic E-state index is 9.11. The normalized spacial score (nSPS) is 34.1. The molecule has 0 aliphatic heterocycles. The van der Waals surface area contributed by atoms with Crippen LogP contribution in [0.2, 0.25) is 0 Å². The van der Waals surface area contributed by atoms with Crippen molar-refractivity contribution in [3.63, 3.8) is 0 Å². The van der Waals surface area contributed by atoms with E-state index in [1.165, 1.54) is 0 Å². The molecular formula is C8H12O. The van der Waals surface area contributed by atoms with Gasteiger partial charge in [0.25, 0.3) is 0 Å². The van der Waals surface area contributed by atoms with Crippen LogP contribution < -0.4 is 0 Å². The molecule has 1 heteroatoms. The molecule has 1 rings (SSSR count). The molecule has 2 atom stereocenters. The third-order valence-electron chi connectivity index (χ3n) is 1.82. The van der Waals surface area contributed by atoms with Gasteiger partial charge in [0.2, 0.25) is 0 Å². The second-order valence-corrected chi connectivity index (χ2v) is 2.46. The van der Waals surface area contributed by atoms with Crippen LogP contribution in [0.5, 0.6) is 0 Å². The lowest BCUT2D eigenvalue weighted by Gasteiger charge is -1.91. The van der Waals surface area contributed by atoms with E-state index in [1.54, 1.807) is 6.08 Å². The molecule has 0 aromatic heterocycles. The minimum Gasteiger partial charge on any atom is -0.512 e. The van der Waals surface area contributed by atoms with Crippen molar-refractivity contribution in [3.8, 4) is 0 Å². The van der Waals surface area contributed by atoms with Crippen LogP contribution in [0, 0.1) is 11.8 Å². The Morgan fingerprint density at radius 3 is 2.78 bits per heavy atom. The van der Waals surface area contributed by atoms with Crippen molar-refractivity contribution in [2.24, 2.45) is 11.8 Å². The van der Waals surface area contributed by atoms with Crippen LogP contribution in [0.1, 0.15) is 13.3 Å². The first-order valence-electron chi connectivity index (χ1n) is 3.27. The molecule has 9 heavy (non-hydrogen) atoms. The summed E-state index contributed by atoms with van der Waals surface area (Å²) in [6, 6.07) is 0.